The summed E-state index contributed by atoms with van der Waals surface area (Å²) < 4.78 is 0. The van der Waals surface area contributed by atoms with E-state index in [4.69, 9.17) is 22.9 Å². The first-order valence-electron chi connectivity index (χ1n) is 24.5. The first-order valence-corrected chi connectivity index (χ1v) is 24.5. The van der Waals surface area contributed by atoms with Gasteiger partial charge in [0.1, 0.15) is 48.3 Å². The van der Waals surface area contributed by atoms with Crippen LogP contribution in [0, 0.1) is 0 Å². The van der Waals surface area contributed by atoms with Crippen molar-refractivity contribution in [1.29, 1.82) is 0 Å². The summed E-state index contributed by atoms with van der Waals surface area (Å²) in [4.78, 5) is 133. The van der Waals surface area contributed by atoms with E-state index < -0.39 is 114 Å². The minimum absolute atomic E-state index is 0.00544. The van der Waals surface area contributed by atoms with Gasteiger partial charge in [0, 0.05) is 25.4 Å². The molecule has 1 aliphatic rings. The van der Waals surface area contributed by atoms with Gasteiger partial charge in [-0.05, 0) is 104 Å². The van der Waals surface area contributed by atoms with Gasteiger partial charge in [-0.3, -0.25) is 47.9 Å². The van der Waals surface area contributed by atoms with Gasteiger partial charge in [0.2, 0.25) is 59.1 Å². The van der Waals surface area contributed by atoms with Crippen molar-refractivity contribution in [2.45, 2.75) is 146 Å². The molecule has 0 radical (unpaired) electrons. The summed E-state index contributed by atoms with van der Waals surface area (Å²) >= 11 is 0. The molecule has 0 aromatic heterocycles. The van der Waals surface area contributed by atoms with E-state index in [-0.39, 0.29) is 96.0 Å². The number of carbonyl (C=O) groups excluding carboxylic acids is 10. The highest BCUT2D eigenvalue weighted by Crippen LogP contribution is 2.10. The van der Waals surface area contributed by atoms with Gasteiger partial charge in [0.05, 0.1) is 12.6 Å². The largest absolute Gasteiger partial charge is 0.391 e. The lowest BCUT2D eigenvalue weighted by Crippen LogP contribution is -2.60. The Morgan fingerprint density at radius 3 is 1.82 bits per heavy atom. The molecule has 26 nitrogen and oxygen atoms in total. The van der Waals surface area contributed by atoms with E-state index in [0.29, 0.717) is 18.5 Å². The zero-order chi connectivity index (χ0) is 53.8. The number of nitrogens with one attached hydrogen (secondary N) is 11. The lowest BCUT2D eigenvalue weighted by atomic mass is 10.0. The summed E-state index contributed by atoms with van der Waals surface area (Å²) in [5, 5.41) is 39.2. The predicted molar refractivity (Wildman–Crippen MR) is 265 cm³/mol. The maximum atomic E-state index is 14.2. The molecular weight excluding hydrogens is 939 g/mol. The first kappa shape index (κ1) is 61.8. The van der Waals surface area contributed by atoms with E-state index in [1.165, 1.54) is 6.92 Å². The molecule has 1 aromatic rings. The fourth-order valence-corrected chi connectivity index (χ4v) is 7.50. The summed E-state index contributed by atoms with van der Waals surface area (Å²) in [7, 11) is 0. The maximum absolute atomic E-state index is 14.2. The van der Waals surface area contributed by atoms with Crippen LogP contribution in [0.25, 0.3) is 0 Å². The van der Waals surface area contributed by atoms with Gasteiger partial charge >= 0.3 is 0 Å². The van der Waals surface area contributed by atoms with Crippen molar-refractivity contribution in [2.75, 3.05) is 45.8 Å². The van der Waals surface area contributed by atoms with Gasteiger partial charge in [-0.1, -0.05) is 37.3 Å². The van der Waals surface area contributed by atoms with Crippen molar-refractivity contribution in [3.8, 4) is 0 Å². The fourth-order valence-electron chi connectivity index (χ4n) is 7.50. The average molecular weight is 1020 g/mol. The molecule has 0 saturated carbocycles. The molecule has 1 aromatic carbocycles. The third-order valence-electron chi connectivity index (χ3n) is 11.5. The van der Waals surface area contributed by atoms with Gasteiger partial charge < -0.3 is 86.5 Å². The summed E-state index contributed by atoms with van der Waals surface area (Å²) in [6, 6.07) is -1.41. The second-order valence-electron chi connectivity index (χ2n) is 17.5. The summed E-state index contributed by atoms with van der Waals surface area (Å²) in [6.45, 7) is 6.56. The molecular formula is C46H79N15O11. The minimum atomic E-state index is -1.41. The monoisotopic (exact) mass is 1020 g/mol. The van der Waals surface area contributed by atoms with Crippen molar-refractivity contribution in [3.63, 3.8) is 0 Å². The molecule has 20 N–H and O–H groups in total. The summed E-state index contributed by atoms with van der Waals surface area (Å²) in [5.41, 5.74) is 23.4. The van der Waals surface area contributed by atoms with Crippen LogP contribution < -0.4 is 81.4 Å². The van der Waals surface area contributed by atoms with Crippen LogP contribution in [0.1, 0.15) is 84.6 Å². The Hall–Kier alpha value is -6.32. The quantitative estimate of drug-likeness (QED) is 0.0341. The van der Waals surface area contributed by atoms with Crippen LogP contribution in [0.15, 0.2) is 30.3 Å². The highest BCUT2D eigenvalue weighted by molar-refractivity contribution is 5.98. The third-order valence-corrected chi connectivity index (χ3v) is 11.5. The molecule has 1 fully saturated rings. The number of nitrogens with two attached hydrogens (primary N) is 4. The third kappa shape index (κ3) is 22.0. The molecule has 0 aliphatic carbocycles. The van der Waals surface area contributed by atoms with Gasteiger partial charge in [-0.2, -0.15) is 0 Å². The Kier molecular flexibility index (Phi) is 28.6. The van der Waals surface area contributed by atoms with Gasteiger partial charge in [0.25, 0.3) is 0 Å². The lowest BCUT2D eigenvalue weighted by Gasteiger charge is -2.27. The molecule has 3 unspecified atom stereocenters. The smallest absolute Gasteiger partial charge is 0.245 e. The molecule has 72 heavy (non-hydrogen) atoms. The average Bonchev–Trinajstić information content (AvgIpc) is 3.40. The minimum Gasteiger partial charge on any atom is -0.391 e. The lowest BCUT2D eigenvalue weighted by molar-refractivity contribution is -0.135. The second kappa shape index (κ2) is 33.4. The molecule has 0 bridgehead atoms. The normalized spacial score (nSPS) is 18.7. The Bertz CT molecular complexity index is 1950. The van der Waals surface area contributed by atoms with Crippen molar-refractivity contribution >= 4 is 59.1 Å². The standard InChI is InChI=1S/C46H79N15O11/c1-5-29(39(65)51-6-2)55-42(68)32(16-21-50)56-43(69)33-17-22-52-26(3)23-34(44(70)57-33)59-45(71)35(24-28-11-8-7-9-12-28)60-41(67)31(15-20-49)54-37(64)25-53-40(66)30(14-19-48)58-46(72)38(27(4)62)61-36(63)13-10-18-47/h7-9,11-12,26-27,29-35,38,52,62H,5-6,10,13-25,47-50H2,1-4H3,(H,51,65)(H,53,66)(H,54,64)(H,55,68)(H,56,69)(H,57,70)(H,58,72)(H,59,71)(H,60,67)(H,61,63)/t26?,27-,29?,30+,31+,32+,33?,34+,35-,38+/m1/s1. The SMILES string of the molecule is CCNC(=O)C(CC)NC(=O)[C@H](CCN)NC(=O)C1CCNC(C)C[C@H](NC(=O)[C@@H](Cc2ccccc2)NC(=O)[C@H](CCN)NC(=O)CNC(=O)[C@H](CCN)NC(=O)[C@@H](NC(=O)CCCN)[C@@H](C)O)C(=O)N1. The van der Waals surface area contributed by atoms with Crippen LogP contribution in [-0.4, -0.2) is 170 Å². The molecule has 1 aliphatic heterocycles. The van der Waals surface area contributed by atoms with Crippen molar-refractivity contribution in [2.24, 2.45) is 22.9 Å². The molecule has 10 amide bonds. The highest BCUT2D eigenvalue weighted by Gasteiger charge is 2.35. The molecule has 10 atom stereocenters. The van der Waals surface area contributed by atoms with Crippen LogP contribution in [0.4, 0.5) is 0 Å². The predicted octanol–water partition coefficient (Wildman–Crippen LogP) is -6.29. The van der Waals surface area contributed by atoms with E-state index in [0.717, 1.165) is 0 Å². The Morgan fingerprint density at radius 2 is 1.25 bits per heavy atom. The fraction of sp³-hybridized carbons (Fsp3) is 0.652. The topological polar surface area (TPSA) is 427 Å². The van der Waals surface area contributed by atoms with Crippen LogP contribution in [0.5, 0.6) is 0 Å². The molecule has 1 saturated heterocycles. The van der Waals surface area contributed by atoms with E-state index in [1.807, 2.05) is 0 Å². The number of hydrogen-bond donors (Lipinski definition) is 16. The van der Waals surface area contributed by atoms with Crippen LogP contribution in [0.2, 0.25) is 0 Å². The number of amides is 10. The Labute approximate surface area is 420 Å². The van der Waals surface area contributed by atoms with Crippen LogP contribution >= 0.6 is 0 Å². The van der Waals surface area contributed by atoms with E-state index in [9.17, 15) is 53.1 Å². The van der Waals surface area contributed by atoms with Crippen LogP contribution in [-0.2, 0) is 54.4 Å². The number of aliphatic hydroxyl groups is 1. The van der Waals surface area contributed by atoms with Gasteiger partial charge in [0.15, 0.2) is 0 Å². The number of hydrogen-bond acceptors (Lipinski definition) is 16. The molecule has 26 heteroatoms. The summed E-state index contributed by atoms with van der Waals surface area (Å²) in [6.07, 6.45) is -0.750. The number of likely N-dealkylation sites (N-methyl/N-ethyl adjacent to an activating group) is 1. The molecule has 1 heterocycles. The highest BCUT2D eigenvalue weighted by atomic mass is 16.3. The number of aliphatic hydroxyl groups excluding tert-OH is 1. The van der Waals surface area contributed by atoms with Gasteiger partial charge in [-0.15, -0.1) is 0 Å². The number of rotatable bonds is 30. The molecule has 2 rings (SSSR count). The number of benzene rings is 1. The Morgan fingerprint density at radius 1 is 0.681 bits per heavy atom. The zero-order valence-corrected chi connectivity index (χ0v) is 41.8. The number of carbonyl (C=O) groups is 10. The van der Waals surface area contributed by atoms with E-state index in [1.54, 1.807) is 51.1 Å². The van der Waals surface area contributed by atoms with Crippen molar-refractivity contribution in [3.05, 3.63) is 35.9 Å². The van der Waals surface area contributed by atoms with Crippen molar-refractivity contribution in [1.82, 2.24) is 58.5 Å². The second-order valence-corrected chi connectivity index (χ2v) is 17.5. The van der Waals surface area contributed by atoms with Crippen molar-refractivity contribution < 1.29 is 53.1 Å². The van der Waals surface area contributed by atoms with Crippen LogP contribution in [0.3, 0.4) is 0 Å². The molecule has 0 spiro atoms. The van der Waals surface area contributed by atoms with E-state index >= 15 is 0 Å². The maximum Gasteiger partial charge on any atom is 0.245 e. The Balaban J connectivity index is 2.24. The van der Waals surface area contributed by atoms with Gasteiger partial charge in [-0.25, -0.2) is 0 Å². The first-order chi connectivity index (χ1) is 34.3. The van der Waals surface area contributed by atoms with E-state index in [2.05, 4.69) is 58.5 Å². The molecule has 404 valence electrons. The summed E-state index contributed by atoms with van der Waals surface area (Å²) in [5.74, 6) is -7.11. The zero-order valence-electron chi connectivity index (χ0n) is 41.8.